The van der Waals surface area contributed by atoms with Gasteiger partial charge in [-0.3, -0.25) is 13.9 Å². The molecule has 1 aliphatic heterocycles. The van der Waals surface area contributed by atoms with Gasteiger partial charge in [-0.25, -0.2) is 4.79 Å². The summed E-state index contributed by atoms with van der Waals surface area (Å²) >= 11 is 3.42. The van der Waals surface area contributed by atoms with E-state index < -0.39 is 0 Å². The first-order chi connectivity index (χ1) is 14.8. The van der Waals surface area contributed by atoms with Crippen LogP contribution in [0, 0.1) is 13.8 Å². The molecule has 3 heterocycles. The first kappa shape index (κ1) is 19.8. The minimum Gasteiger partial charge on any atom is -0.310 e. The van der Waals surface area contributed by atoms with E-state index >= 15 is 0 Å². The van der Waals surface area contributed by atoms with Crippen molar-refractivity contribution < 1.29 is 0 Å². The second-order valence-corrected chi connectivity index (χ2v) is 8.93. The molecule has 8 heteroatoms. The molecule has 0 saturated carbocycles. The smallest absolute Gasteiger partial charge is 0.310 e. The second kappa shape index (κ2) is 7.23. The average Bonchev–Trinajstić information content (AvgIpc) is 3.32. The van der Waals surface area contributed by atoms with Gasteiger partial charge in [-0.15, -0.1) is 0 Å². The lowest BCUT2D eigenvalue weighted by Crippen LogP contribution is -2.40. The van der Waals surface area contributed by atoms with E-state index in [2.05, 4.69) is 52.9 Å². The third-order valence-electron chi connectivity index (χ3n) is 6.06. The largest absolute Gasteiger partial charge is 0.332 e. The van der Waals surface area contributed by atoms with E-state index in [0.29, 0.717) is 23.7 Å². The van der Waals surface area contributed by atoms with Crippen molar-refractivity contribution >= 4 is 38.7 Å². The fourth-order valence-electron chi connectivity index (χ4n) is 4.13. The van der Waals surface area contributed by atoms with E-state index in [9.17, 15) is 9.59 Å². The van der Waals surface area contributed by atoms with Gasteiger partial charge in [-0.2, -0.15) is 4.98 Å². The van der Waals surface area contributed by atoms with Crippen LogP contribution in [0.1, 0.15) is 16.7 Å². The molecule has 2 aromatic carbocycles. The molecule has 0 spiro atoms. The van der Waals surface area contributed by atoms with Crippen molar-refractivity contribution in [1.29, 1.82) is 0 Å². The van der Waals surface area contributed by atoms with Crippen LogP contribution in [0.15, 0.2) is 56.5 Å². The van der Waals surface area contributed by atoms with Gasteiger partial charge in [0.1, 0.15) is 0 Å². The van der Waals surface area contributed by atoms with Gasteiger partial charge in [0.25, 0.3) is 5.56 Å². The van der Waals surface area contributed by atoms with Crippen molar-refractivity contribution in [3.8, 4) is 0 Å². The van der Waals surface area contributed by atoms with Crippen molar-refractivity contribution in [1.82, 2.24) is 18.7 Å². The molecule has 1 aliphatic rings. The molecule has 0 amide bonds. The molecule has 4 aromatic rings. The number of hydrogen-bond acceptors (Lipinski definition) is 4. The lowest BCUT2D eigenvalue weighted by Gasteiger charge is -2.17. The fourth-order valence-corrected chi connectivity index (χ4v) is 4.39. The maximum Gasteiger partial charge on any atom is 0.332 e. The molecule has 0 bridgehead atoms. The van der Waals surface area contributed by atoms with Gasteiger partial charge in [-0.05, 0) is 54.8 Å². The summed E-state index contributed by atoms with van der Waals surface area (Å²) in [5.41, 5.74) is 4.59. The summed E-state index contributed by atoms with van der Waals surface area (Å²) in [6, 6.07) is 13.9. The highest BCUT2D eigenvalue weighted by Gasteiger charge is 2.28. The Labute approximate surface area is 187 Å². The van der Waals surface area contributed by atoms with E-state index in [4.69, 9.17) is 4.98 Å². The normalized spacial score (nSPS) is 13.2. The molecule has 158 valence electrons. The van der Waals surface area contributed by atoms with E-state index in [1.807, 2.05) is 28.8 Å². The third-order valence-corrected chi connectivity index (χ3v) is 6.59. The predicted octanol–water partition coefficient (Wildman–Crippen LogP) is 3.48. The number of rotatable bonds is 3. The minimum absolute atomic E-state index is 0.218. The molecule has 0 unspecified atom stereocenters. The monoisotopic (exact) mass is 479 g/mol. The molecule has 2 aromatic heterocycles. The summed E-state index contributed by atoms with van der Waals surface area (Å²) in [6.45, 7) is 5.76. The molecule has 5 rings (SSSR count). The van der Waals surface area contributed by atoms with Gasteiger partial charge in [-0.1, -0.05) is 34.1 Å². The van der Waals surface area contributed by atoms with Gasteiger partial charge in [0, 0.05) is 30.3 Å². The van der Waals surface area contributed by atoms with Crippen LogP contribution < -0.4 is 16.1 Å². The van der Waals surface area contributed by atoms with E-state index in [0.717, 1.165) is 22.3 Å². The van der Waals surface area contributed by atoms with Crippen molar-refractivity contribution in [3.63, 3.8) is 0 Å². The number of benzene rings is 2. The summed E-state index contributed by atoms with van der Waals surface area (Å²) in [6.07, 6.45) is 0. The van der Waals surface area contributed by atoms with Crippen molar-refractivity contribution in [2.45, 2.75) is 26.9 Å². The van der Waals surface area contributed by atoms with Crippen LogP contribution in [0.2, 0.25) is 0 Å². The standard InChI is InChI=1S/C23H22BrN5O2/c1-14-4-9-18(12-15(14)2)27-10-11-28-19-20(25-22(27)28)26(3)23(31)29(21(19)30)13-16-5-7-17(24)8-6-16/h4-9,12H,10-11,13H2,1-3H3. The Morgan fingerprint density at radius 1 is 1.00 bits per heavy atom. The number of imidazole rings is 1. The SMILES string of the molecule is Cc1ccc(N2CCn3c2nc2c3c(=O)n(Cc3ccc(Br)cc3)c(=O)n2C)cc1C. The Balaban J connectivity index is 1.66. The number of halogens is 1. The zero-order chi connectivity index (χ0) is 21.9. The first-order valence-electron chi connectivity index (χ1n) is 10.1. The molecule has 0 saturated heterocycles. The highest BCUT2D eigenvalue weighted by atomic mass is 79.9. The summed E-state index contributed by atoms with van der Waals surface area (Å²) in [5.74, 6) is 0.701. The van der Waals surface area contributed by atoms with Gasteiger partial charge >= 0.3 is 5.69 Å². The number of fused-ring (bicyclic) bond motifs is 3. The molecule has 31 heavy (non-hydrogen) atoms. The summed E-state index contributed by atoms with van der Waals surface area (Å²) in [5, 5.41) is 0. The Kier molecular flexibility index (Phi) is 4.62. The molecule has 0 fully saturated rings. The molecule has 0 radical (unpaired) electrons. The summed E-state index contributed by atoms with van der Waals surface area (Å²) < 4.78 is 5.65. The van der Waals surface area contributed by atoms with E-state index in [-0.39, 0.29) is 17.8 Å². The number of aromatic nitrogens is 4. The summed E-state index contributed by atoms with van der Waals surface area (Å²) in [4.78, 5) is 33.2. The maximum absolute atomic E-state index is 13.4. The number of aryl methyl sites for hydroxylation is 3. The number of hydrogen-bond donors (Lipinski definition) is 0. The van der Waals surface area contributed by atoms with Crippen LogP contribution in [0.5, 0.6) is 0 Å². The van der Waals surface area contributed by atoms with Gasteiger partial charge in [0.05, 0.1) is 6.54 Å². The lowest BCUT2D eigenvalue weighted by molar-refractivity contribution is 0.652. The van der Waals surface area contributed by atoms with E-state index in [1.165, 1.54) is 20.3 Å². The van der Waals surface area contributed by atoms with Crippen LogP contribution in [-0.2, 0) is 20.1 Å². The molecule has 0 N–H and O–H groups in total. The highest BCUT2D eigenvalue weighted by molar-refractivity contribution is 9.10. The zero-order valence-corrected chi connectivity index (χ0v) is 19.2. The van der Waals surface area contributed by atoms with E-state index in [1.54, 1.807) is 7.05 Å². The number of nitrogens with zero attached hydrogens (tertiary/aromatic N) is 5. The van der Waals surface area contributed by atoms with Crippen LogP contribution in [0.25, 0.3) is 11.2 Å². The van der Waals surface area contributed by atoms with Crippen molar-refractivity contribution in [3.05, 3.63) is 84.5 Å². The summed E-state index contributed by atoms with van der Waals surface area (Å²) in [7, 11) is 1.67. The number of anilines is 2. The highest BCUT2D eigenvalue weighted by Crippen LogP contribution is 2.32. The molecular weight excluding hydrogens is 458 g/mol. The first-order valence-corrected chi connectivity index (χ1v) is 10.9. The van der Waals surface area contributed by atoms with Crippen LogP contribution in [0.4, 0.5) is 11.6 Å². The Morgan fingerprint density at radius 3 is 2.45 bits per heavy atom. The van der Waals surface area contributed by atoms with Crippen LogP contribution in [-0.4, -0.2) is 25.2 Å². The van der Waals surface area contributed by atoms with Gasteiger partial charge in [0.2, 0.25) is 5.95 Å². The predicted molar refractivity (Wildman–Crippen MR) is 125 cm³/mol. The Hall–Kier alpha value is -3.13. The third kappa shape index (κ3) is 3.13. The van der Waals surface area contributed by atoms with Crippen LogP contribution in [0.3, 0.4) is 0 Å². The van der Waals surface area contributed by atoms with Gasteiger partial charge < -0.3 is 9.47 Å². The molecule has 0 atom stereocenters. The second-order valence-electron chi connectivity index (χ2n) is 8.02. The van der Waals surface area contributed by atoms with Crippen molar-refractivity contribution in [2.24, 2.45) is 7.05 Å². The van der Waals surface area contributed by atoms with Crippen molar-refractivity contribution in [2.75, 3.05) is 11.4 Å². The molecule has 0 aliphatic carbocycles. The lowest BCUT2D eigenvalue weighted by atomic mass is 10.1. The van der Waals surface area contributed by atoms with Crippen LogP contribution >= 0.6 is 15.9 Å². The Bertz CT molecular complexity index is 1450. The van der Waals surface area contributed by atoms with Gasteiger partial charge in [0.15, 0.2) is 11.2 Å². The fraction of sp³-hybridized carbons (Fsp3) is 0.261. The molecule has 7 nitrogen and oxygen atoms in total. The quantitative estimate of drug-likeness (QED) is 0.451. The topological polar surface area (TPSA) is 65.1 Å². The Morgan fingerprint density at radius 2 is 1.74 bits per heavy atom. The minimum atomic E-state index is -0.366. The maximum atomic E-state index is 13.4. The molecular formula is C23H22BrN5O2. The average molecular weight is 480 g/mol. The zero-order valence-electron chi connectivity index (χ0n) is 17.6.